The van der Waals surface area contributed by atoms with E-state index in [9.17, 15) is 4.79 Å². The number of hydrogen-bond donors (Lipinski definition) is 0. The molecule has 2 nitrogen and oxygen atoms in total. The quantitative estimate of drug-likeness (QED) is 0.771. The van der Waals surface area contributed by atoms with Crippen molar-refractivity contribution in [3.63, 3.8) is 0 Å². The monoisotopic (exact) mass is 246 g/mol. The second kappa shape index (κ2) is 5.64. The minimum absolute atomic E-state index is 0.162. The zero-order valence-corrected chi connectivity index (χ0v) is 10.5. The van der Waals surface area contributed by atoms with E-state index in [1.54, 1.807) is 11.3 Å². The number of carbonyl (C=O) groups is 1. The Kier molecular flexibility index (Phi) is 3.94. The highest BCUT2D eigenvalue weighted by Gasteiger charge is 2.07. The van der Waals surface area contributed by atoms with Crippen molar-refractivity contribution in [1.82, 2.24) is 0 Å². The first-order chi connectivity index (χ1) is 8.31. The van der Waals surface area contributed by atoms with E-state index in [2.05, 4.69) is 33.7 Å². The average Bonchev–Trinajstić information content (AvgIpc) is 2.90. The molecule has 0 fully saturated rings. The third-order valence-electron chi connectivity index (χ3n) is 2.68. The Morgan fingerprint density at radius 1 is 1.29 bits per heavy atom. The molecular formula is C14H14O2S. The van der Waals surface area contributed by atoms with E-state index in [4.69, 9.17) is 0 Å². The van der Waals surface area contributed by atoms with Gasteiger partial charge in [-0.2, -0.15) is 11.3 Å². The van der Waals surface area contributed by atoms with Crippen LogP contribution >= 0.6 is 11.3 Å². The molecule has 0 amide bonds. The molecule has 88 valence electrons. The summed E-state index contributed by atoms with van der Waals surface area (Å²) in [5, 5.41) is 4.18. The summed E-state index contributed by atoms with van der Waals surface area (Å²) in [5.41, 5.74) is 3.62. The van der Waals surface area contributed by atoms with Crippen molar-refractivity contribution >= 4 is 17.3 Å². The van der Waals surface area contributed by atoms with Crippen molar-refractivity contribution in [2.45, 2.75) is 12.8 Å². The summed E-state index contributed by atoms with van der Waals surface area (Å²) in [5.74, 6) is -0.162. The van der Waals surface area contributed by atoms with Crippen molar-refractivity contribution in [3.8, 4) is 11.1 Å². The Morgan fingerprint density at radius 2 is 2.12 bits per heavy atom. The molecule has 0 unspecified atom stereocenters. The number of ether oxygens (including phenoxy) is 1. The van der Waals surface area contributed by atoms with Crippen molar-refractivity contribution in [3.05, 3.63) is 46.7 Å². The molecule has 0 radical (unpaired) electrons. The molecule has 0 saturated heterocycles. The summed E-state index contributed by atoms with van der Waals surface area (Å²) in [6.45, 7) is 0. The van der Waals surface area contributed by atoms with Gasteiger partial charge in [-0.15, -0.1) is 0 Å². The van der Waals surface area contributed by atoms with Crippen molar-refractivity contribution in [2.75, 3.05) is 7.11 Å². The van der Waals surface area contributed by atoms with Crippen LogP contribution in [-0.4, -0.2) is 13.1 Å². The topological polar surface area (TPSA) is 26.3 Å². The van der Waals surface area contributed by atoms with Gasteiger partial charge in [0, 0.05) is 6.42 Å². The van der Waals surface area contributed by atoms with Gasteiger partial charge >= 0.3 is 5.97 Å². The molecule has 17 heavy (non-hydrogen) atoms. The summed E-state index contributed by atoms with van der Waals surface area (Å²) in [4.78, 5) is 11.2. The van der Waals surface area contributed by atoms with E-state index >= 15 is 0 Å². The summed E-state index contributed by atoms with van der Waals surface area (Å²) in [6, 6.07) is 10.3. The Labute approximate surface area is 105 Å². The maximum Gasteiger partial charge on any atom is 0.305 e. The summed E-state index contributed by atoms with van der Waals surface area (Å²) >= 11 is 1.68. The fraction of sp³-hybridized carbons (Fsp3) is 0.214. The molecule has 2 aromatic rings. The number of thiophene rings is 1. The van der Waals surface area contributed by atoms with E-state index < -0.39 is 0 Å². The van der Waals surface area contributed by atoms with Gasteiger partial charge in [-0.05, 0) is 39.9 Å². The molecule has 0 saturated carbocycles. The maximum absolute atomic E-state index is 11.2. The van der Waals surface area contributed by atoms with Crippen LogP contribution in [0.1, 0.15) is 12.0 Å². The van der Waals surface area contributed by atoms with Gasteiger partial charge in [0.05, 0.1) is 7.11 Å². The number of benzene rings is 1. The average molecular weight is 246 g/mol. The maximum atomic E-state index is 11.2. The molecule has 0 aliphatic heterocycles. The van der Waals surface area contributed by atoms with E-state index in [1.807, 2.05) is 12.1 Å². The van der Waals surface area contributed by atoms with Crippen LogP contribution in [0.5, 0.6) is 0 Å². The SMILES string of the molecule is COC(=O)CCc1ccccc1-c1ccsc1. The lowest BCUT2D eigenvalue weighted by atomic mass is 9.99. The van der Waals surface area contributed by atoms with Crippen LogP contribution in [0.15, 0.2) is 41.1 Å². The standard InChI is InChI=1S/C14H14O2S/c1-16-14(15)7-6-11-4-2-3-5-13(11)12-8-9-17-10-12/h2-5,8-10H,6-7H2,1H3. The normalized spacial score (nSPS) is 10.2. The number of rotatable bonds is 4. The van der Waals surface area contributed by atoms with Gasteiger partial charge in [-0.25, -0.2) is 0 Å². The molecule has 0 aliphatic rings. The Bertz CT molecular complexity index is 489. The lowest BCUT2D eigenvalue weighted by Gasteiger charge is -2.07. The van der Waals surface area contributed by atoms with Gasteiger partial charge in [0.25, 0.3) is 0 Å². The van der Waals surface area contributed by atoms with E-state index in [1.165, 1.54) is 23.8 Å². The minimum Gasteiger partial charge on any atom is -0.469 e. The van der Waals surface area contributed by atoms with Crippen LogP contribution in [0.3, 0.4) is 0 Å². The van der Waals surface area contributed by atoms with Crippen LogP contribution in [0.4, 0.5) is 0 Å². The van der Waals surface area contributed by atoms with Gasteiger partial charge in [-0.3, -0.25) is 4.79 Å². The Balaban J connectivity index is 2.20. The van der Waals surface area contributed by atoms with E-state index in [0.717, 1.165) is 6.42 Å². The molecule has 3 heteroatoms. The zero-order valence-electron chi connectivity index (χ0n) is 9.68. The molecule has 1 heterocycles. The van der Waals surface area contributed by atoms with Crippen molar-refractivity contribution in [2.24, 2.45) is 0 Å². The van der Waals surface area contributed by atoms with Crippen molar-refractivity contribution < 1.29 is 9.53 Å². The summed E-state index contributed by atoms with van der Waals surface area (Å²) in [6.07, 6.45) is 1.15. The molecule has 0 spiro atoms. The molecule has 1 aromatic heterocycles. The molecule has 0 aliphatic carbocycles. The Hall–Kier alpha value is -1.61. The highest BCUT2D eigenvalue weighted by Crippen LogP contribution is 2.26. The molecule has 0 bridgehead atoms. The van der Waals surface area contributed by atoms with Crippen LogP contribution in [0.25, 0.3) is 11.1 Å². The molecule has 2 rings (SSSR count). The molecule has 0 atom stereocenters. The lowest BCUT2D eigenvalue weighted by molar-refractivity contribution is -0.140. The third-order valence-corrected chi connectivity index (χ3v) is 3.36. The number of aryl methyl sites for hydroxylation is 1. The second-order valence-electron chi connectivity index (χ2n) is 3.75. The number of hydrogen-bond acceptors (Lipinski definition) is 3. The smallest absolute Gasteiger partial charge is 0.305 e. The highest BCUT2D eigenvalue weighted by atomic mass is 32.1. The third kappa shape index (κ3) is 2.94. The second-order valence-corrected chi connectivity index (χ2v) is 4.53. The summed E-state index contributed by atoms with van der Waals surface area (Å²) in [7, 11) is 1.42. The minimum atomic E-state index is -0.162. The first kappa shape index (κ1) is 11.9. The van der Waals surface area contributed by atoms with Gasteiger partial charge < -0.3 is 4.74 Å². The summed E-state index contributed by atoms with van der Waals surface area (Å²) < 4.78 is 4.67. The van der Waals surface area contributed by atoms with Gasteiger partial charge in [0.1, 0.15) is 0 Å². The molecular weight excluding hydrogens is 232 g/mol. The van der Waals surface area contributed by atoms with Crippen LogP contribution in [-0.2, 0) is 16.0 Å². The fourth-order valence-corrected chi connectivity index (χ4v) is 2.43. The molecule has 1 aromatic carbocycles. The van der Waals surface area contributed by atoms with Gasteiger partial charge in [0.15, 0.2) is 0 Å². The zero-order chi connectivity index (χ0) is 12.1. The number of methoxy groups -OCH3 is 1. The molecule has 0 N–H and O–H groups in total. The number of esters is 1. The van der Waals surface area contributed by atoms with E-state index in [0.29, 0.717) is 6.42 Å². The van der Waals surface area contributed by atoms with Gasteiger partial charge in [0.2, 0.25) is 0 Å². The van der Waals surface area contributed by atoms with Crippen molar-refractivity contribution in [1.29, 1.82) is 0 Å². The predicted octanol–water partition coefficient (Wildman–Crippen LogP) is 3.52. The predicted molar refractivity (Wildman–Crippen MR) is 70.1 cm³/mol. The first-order valence-corrected chi connectivity index (χ1v) is 6.43. The first-order valence-electron chi connectivity index (χ1n) is 5.48. The van der Waals surface area contributed by atoms with E-state index in [-0.39, 0.29) is 5.97 Å². The van der Waals surface area contributed by atoms with Crippen LogP contribution in [0, 0.1) is 0 Å². The van der Waals surface area contributed by atoms with Gasteiger partial charge in [-0.1, -0.05) is 24.3 Å². The highest BCUT2D eigenvalue weighted by molar-refractivity contribution is 7.08. The fourth-order valence-electron chi connectivity index (χ4n) is 1.78. The van der Waals surface area contributed by atoms with Crippen LogP contribution in [0.2, 0.25) is 0 Å². The lowest BCUT2D eigenvalue weighted by Crippen LogP contribution is -2.02. The number of carbonyl (C=O) groups excluding carboxylic acids is 1. The largest absolute Gasteiger partial charge is 0.469 e. The van der Waals surface area contributed by atoms with Crippen LogP contribution < -0.4 is 0 Å². The Morgan fingerprint density at radius 3 is 2.82 bits per heavy atom.